The fourth-order valence-electron chi connectivity index (χ4n) is 4.46. The molecule has 0 unspecified atom stereocenters. The third-order valence-corrected chi connectivity index (χ3v) is 6.81. The number of likely N-dealkylation sites (tertiary alicyclic amines) is 1. The topological polar surface area (TPSA) is 191 Å². The number of hydrogen-bond acceptors (Lipinski definition) is 7. The molecule has 4 amide bonds. The first-order valence-corrected chi connectivity index (χ1v) is 13.5. The summed E-state index contributed by atoms with van der Waals surface area (Å²) in [5.74, 6) is -3.57. The standard InChI is InChI=1S/C26H47N5O7/c1-7-16(6)21(30-23(34)18(11-14(2)3)28-22(33)17(27)13-32)24(35)29-19(12-15(4)5)25(36)31-10-8-9-20(31)26(37)38/h14-21,32H,7-13,27H2,1-6H3,(H,28,33)(H,29,35)(H,30,34)(H,37,38)/t16-,17-,18-,19-,20-,21-/m0/s1. The Morgan fingerprint density at radius 3 is 1.95 bits per heavy atom. The molecule has 6 atom stereocenters. The molecule has 218 valence electrons. The van der Waals surface area contributed by atoms with Crippen molar-refractivity contribution in [2.45, 2.75) is 104 Å². The van der Waals surface area contributed by atoms with Crippen LogP contribution in [0.4, 0.5) is 0 Å². The van der Waals surface area contributed by atoms with E-state index in [1.165, 1.54) is 4.90 Å². The first-order chi connectivity index (χ1) is 17.7. The van der Waals surface area contributed by atoms with Gasteiger partial charge in [-0.1, -0.05) is 48.0 Å². The van der Waals surface area contributed by atoms with Gasteiger partial charge in [0, 0.05) is 6.54 Å². The lowest BCUT2D eigenvalue weighted by Crippen LogP contribution is -2.60. The SMILES string of the molecule is CC[C@H](C)[C@H](NC(=O)[C@H](CC(C)C)NC(=O)[C@@H](N)CO)C(=O)N[C@@H](CC(C)C)C(=O)N1CCC[C@H]1C(=O)O. The summed E-state index contributed by atoms with van der Waals surface area (Å²) in [5.41, 5.74) is 5.59. The van der Waals surface area contributed by atoms with Gasteiger partial charge in [0.05, 0.1) is 6.61 Å². The molecule has 0 bridgehead atoms. The molecule has 1 aliphatic rings. The number of carbonyl (C=O) groups excluding carboxylic acids is 4. The Labute approximate surface area is 225 Å². The highest BCUT2D eigenvalue weighted by Crippen LogP contribution is 2.21. The zero-order chi connectivity index (χ0) is 29.2. The van der Waals surface area contributed by atoms with Crippen LogP contribution in [0.25, 0.3) is 0 Å². The average molecular weight is 542 g/mol. The summed E-state index contributed by atoms with van der Waals surface area (Å²) in [6.07, 6.45) is 2.06. The number of nitrogens with one attached hydrogen (secondary N) is 3. The Morgan fingerprint density at radius 2 is 1.45 bits per heavy atom. The first kappa shape index (κ1) is 33.3. The summed E-state index contributed by atoms with van der Waals surface area (Å²) in [7, 11) is 0. The van der Waals surface area contributed by atoms with Crippen molar-refractivity contribution in [2.75, 3.05) is 13.2 Å². The lowest BCUT2D eigenvalue weighted by Gasteiger charge is -2.31. The fraction of sp³-hybridized carbons (Fsp3) is 0.808. The molecule has 1 saturated heterocycles. The summed E-state index contributed by atoms with van der Waals surface area (Å²) in [6.45, 7) is 10.9. The molecule has 1 heterocycles. The molecule has 0 saturated carbocycles. The minimum Gasteiger partial charge on any atom is -0.480 e. The molecule has 0 aromatic heterocycles. The van der Waals surface area contributed by atoms with E-state index in [9.17, 15) is 34.2 Å². The van der Waals surface area contributed by atoms with Gasteiger partial charge in [0.15, 0.2) is 0 Å². The van der Waals surface area contributed by atoms with Crippen molar-refractivity contribution in [1.82, 2.24) is 20.9 Å². The fourth-order valence-corrected chi connectivity index (χ4v) is 4.46. The van der Waals surface area contributed by atoms with E-state index >= 15 is 0 Å². The maximum Gasteiger partial charge on any atom is 0.326 e. The largest absolute Gasteiger partial charge is 0.480 e. The van der Waals surface area contributed by atoms with E-state index in [0.29, 0.717) is 32.2 Å². The van der Waals surface area contributed by atoms with E-state index in [0.717, 1.165) is 0 Å². The molecule has 1 rings (SSSR count). The van der Waals surface area contributed by atoms with E-state index in [1.54, 1.807) is 6.92 Å². The number of carbonyl (C=O) groups is 5. The summed E-state index contributed by atoms with van der Waals surface area (Å²) >= 11 is 0. The number of nitrogens with two attached hydrogens (primary N) is 1. The van der Waals surface area contributed by atoms with Crippen molar-refractivity contribution in [3.63, 3.8) is 0 Å². The predicted molar refractivity (Wildman–Crippen MR) is 142 cm³/mol. The van der Waals surface area contributed by atoms with Gasteiger partial charge >= 0.3 is 5.97 Å². The highest BCUT2D eigenvalue weighted by atomic mass is 16.4. The number of carboxylic acid groups (broad SMARTS) is 1. The summed E-state index contributed by atoms with van der Waals surface area (Å²) in [4.78, 5) is 65.3. The highest BCUT2D eigenvalue weighted by molar-refractivity contribution is 5.95. The summed E-state index contributed by atoms with van der Waals surface area (Å²) in [5, 5.41) is 26.8. The Kier molecular flexibility index (Phi) is 13.7. The number of aliphatic hydroxyl groups is 1. The maximum absolute atomic E-state index is 13.5. The van der Waals surface area contributed by atoms with Crippen LogP contribution in [-0.4, -0.2) is 88.1 Å². The van der Waals surface area contributed by atoms with Crippen LogP contribution in [0.3, 0.4) is 0 Å². The van der Waals surface area contributed by atoms with Crippen molar-refractivity contribution in [1.29, 1.82) is 0 Å². The number of hydrogen-bond donors (Lipinski definition) is 6. The van der Waals surface area contributed by atoms with Crippen molar-refractivity contribution in [3.05, 3.63) is 0 Å². The Morgan fingerprint density at radius 1 is 0.895 bits per heavy atom. The summed E-state index contributed by atoms with van der Waals surface area (Å²) in [6, 6.07) is -5.03. The number of aliphatic hydroxyl groups excluding tert-OH is 1. The molecular formula is C26H47N5O7. The highest BCUT2D eigenvalue weighted by Gasteiger charge is 2.39. The van der Waals surface area contributed by atoms with Crippen molar-refractivity contribution in [3.8, 4) is 0 Å². The van der Waals surface area contributed by atoms with Crippen LogP contribution in [0.2, 0.25) is 0 Å². The van der Waals surface area contributed by atoms with Gasteiger partial charge in [0.2, 0.25) is 23.6 Å². The van der Waals surface area contributed by atoms with Crippen molar-refractivity contribution < 1.29 is 34.2 Å². The maximum atomic E-state index is 13.5. The van der Waals surface area contributed by atoms with Crippen LogP contribution in [0.15, 0.2) is 0 Å². The average Bonchev–Trinajstić information content (AvgIpc) is 3.34. The van der Waals surface area contributed by atoms with Gasteiger partial charge in [0.25, 0.3) is 0 Å². The Hall–Kier alpha value is -2.73. The molecule has 38 heavy (non-hydrogen) atoms. The van der Waals surface area contributed by atoms with Crippen LogP contribution < -0.4 is 21.7 Å². The summed E-state index contributed by atoms with van der Waals surface area (Å²) < 4.78 is 0. The number of nitrogens with zero attached hydrogens (tertiary/aromatic N) is 1. The second kappa shape index (κ2) is 15.6. The van der Waals surface area contributed by atoms with Gasteiger partial charge < -0.3 is 36.8 Å². The molecule has 0 aromatic carbocycles. The lowest BCUT2D eigenvalue weighted by molar-refractivity contribution is -0.149. The molecule has 1 aliphatic heterocycles. The van der Waals surface area contributed by atoms with E-state index in [4.69, 9.17) is 5.73 Å². The van der Waals surface area contributed by atoms with Crippen LogP contribution in [-0.2, 0) is 24.0 Å². The van der Waals surface area contributed by atoms with Gasteiger partial charge in [-0.05, 0) is 43.4 Å². The second-order valence-electron chi connectivity index (χ2n) is 11.1. The quantitative estimate of drug-likeness (QED) is 0.166. The zero-order valence-corrected chi connectivity index (χ0v) is 23.5. The molecule has 0 spiro atoms. The van der Waals surface area contributed by atoms with Gasteiger partial charge in [-0.3, -0.25) is 19.2 Å². The molecular weight excluding hydrogens is 494 g/mol. The number of carboxylic acids is 1. The smallest absolute Gasteiger partial charge is 0.326 e. The molecule has 12 nitrogen and oxygen atoms in total. The van der Waals surface area contributed by atoms with Gasteiger partial charge in [0.1, 0.15) is 30.2 Å². The van der Waals surface area contributed by atoms with Gasteiger partial charge in [-0.15, -0.1) is 0 Å². The molecule has 1 fully saturated rings. The molecule has 0 aromatic rings. The van der Waals surface area contributed by atoms with E-state index in [2.05, 4.69) is 16.0 Å². The van der Waals surface area contributed by atoms with Crippen molar-refractivity contribution >= 4 is 29.6 Å². The van der Waals surface area contributed by atoms with Gasteiger partial charge in [-0.2, -0.15) is 0 Å². The third-order valence-electron chi connectivity index (χ3n) is 6.81. The Bertz CT molecular complexity index is 835. The number of rotatable bonds is 15. The predicted octanol–water partition coefficient (Wildman–Crippen LogP) is -0.0257. The van der Waals surface area contributed by atoms with Crippen molar-refractivity contribution in [2.24, 2.45) is 23.5 Å². The monoisotopic (exact) mass is 541 g/mol. The lowest BCUT2D eigenvalue weighted by atomic mass is 9.95. The molecule has 12 heteroatoms. The molecule has 0 radical (unpaired) electrons. The van der Waals surface area contributed by atoms with Crippen LogP contribution in [0.1, 0.15) is 73.6 Å². The Balaban J connectivity index is 3.14. The normalized spacial score (nSPS) is 19.4. The minimum absolute atomic E-state index is 0.0305. The second-order valence-corrected chi connectivity index (χ2v) is 11.1. The van der Waals surface area contributed by atoms with Crippen LogP contribution in [0, 0.1) is 17.8 Å². The first-order valence-electron chi connectivity index (χ1n) is 13.5. The minimum atomic E-state index is -1.19. The van der Waals surface area contributed by atoms with Gasteiger partial charge in [-0.25, -0.2) is 4.79 Å². The van der Waals surface area contributed by atoms with Crippen LogP contribution >= 0.6 is 0 Å². The molecule has 7 N–H and O–H groups in total. The number of amides is 4. The van der Waals surface area contributed by atoms with Crippen LogP contribution in [0.5, 0.6) is 0 Å². The van der Waals surface area contributed by atoms with E-state index in [-0.39, 0.29) is 24.2 Å². The van der Waals surface area contributed by atoms with E-state index < -0.39 is 66.4 Å². The van der Waals surface area contributed by atoms with E-state index in [1.807, 2.05) is 34.6 Å². The molecule has 0 aliphatic carbocycles. The number of aliphatic carboxylic acids is 1. The zero-order valence-electron chi connectivity index (χ0n) is 23.5. The third kappa shape index (κ3) is 9.86.